The topological polar surface area (TPSA) is 75.6 Å². The number of phenolic OH excluding ortho intramolecular Hbond substituents is 1. The fourth-order valence-electron chi connectivity index (χ4n) is 1.62. The number of rotatable bonds is 3. The average Bonchev–Trinajstić information content (AvgIpc) is 2.60. The second-order valence-electron chi connectivity index (χ2n) is 3.56. The summed E-state index contributed by atoms with van der Waals surface area (Å²) in [6.45, 7) is 0. The standard InChI is InChI=1S/C11H11NO4S/c1-16-7-4-2-3-6(9(7)13)5-8-10(14)12-11(15)17-8/h2-4,8,13H,5H2,1H3,(H,12,14,15)/t8-/m1/s1. The van der Waals surface area contributed by atoms with E-state index in [2.05, 4.69) is 5.32 Å². The molecule has 1 atom stereocenters. The van der Waals surface area contributed by atoms with Gasteiger partial charge in [-0.25, -0.2) is 0 Å². The number of benzene rings is 1. The van der Waals surface area contributed by atoms with Crippen LogP contribution >= 0.6 is 11.8 Å². The van der Waals surface area contributed by atoms with Crippen molar-refractivity contribution in [3.63, 3.8) is 0 Å². The maximum atomic E-state index is 11.4. The van der Waals surface area contributed by atoms with Crippen molar-refractivity contribution >= 4 is 22.9 Å². The van der Waals surface area contributed by atoms with Gasteiger partial charge in [0.2, 0.25) is 5.91 Å². The Bertz CT molecular complexity index is 475. The highest BCUT2D eigenvalue weighted by Gasteiger charge is 2.32. The van der Waals surface area contributed by atoms with Gasteiger partial charge >= 0.3 is 0 Å². The minimum absolute atomic E-state index is 0.0164. The molecule has 1 aliphatic rings. The summed E-state index contributed by atoms with van der Waals surface area (Å²) in [4.78, 5) is 22.4. The first kappa shape index (κ1) is 11.8. The molecule has 1 saturated heterocycles. The van der Waals surface area contributed by atoms with Crippen LogP contribution in [-0.2, 0) is 11.2 Å². The number of carbonyl (C=O) groups is 2. The van der Waals surface area contributed by atoms with Crippen LogP contribution in [0.25, 0.3) is 0 Å². The molecule has 90 valence electrons. The maximum Gasteiger partial charge on any atom is 0.286 e. The van der Waals surface area contributed by atoms with E-state index in [-0.39, 0.29) is 16.9 Å². The Hall–Kier alpha value is -1.69. The summed E-state index contributed by atoms with van der Waals surface area (Å²) in [5, 5.41) is 11.2. The van der Waals surface area contributed by atoms with Gasteiger partial charge in [-0.1, -0.05) is 23.9 Å². The molecule has 6 heteroatoms. The van der Waals surface area contributed by atoms with Crippen LogP contribution in [0.5, 0.6) is 11.5 Å². The zero-order valence-electron chi connectivity index (χ0n) is 9.10. The summed E-state index contributed by atoms with van der Waals surface area (Å²) >= 11 is 0.939. The van der Waals surface area contributed by atoms with Gasteiger partial charge in [0.1, 0.15) is 0 Å². The lowest BCUT2D eigenvalue weighted by molar-refractivity contribution is -0.118. The molecule has 0 unspecified atom stereocenters. The molecule has 0 spiro atoms. The van der Waals surface area contributed by atoms with E-state index in [1.165, 1.54) is 7.11 Å². The molecule has 17 heavy (non-hydrogen) atoms. The number of imide groups is 1. The molecule has 5 nitrogen and oxygen atoms in total. The van der Waals surface area contributed by atoms with Crippen molar-refractivity contribution in [1.82, 2.24) is 5.32 Å². The van der Waals surface area contributed by atoms with E-state index >= 15 is 0 Å². The van der Waals surface area contributed by atoms with Crippen LogP contribution in [0.1, 0.15) is 5.56 Å². The summed E-state index contributed by atoms with van der Waals surface area (Å²) in [6, 6.07) is 5.06. The Morgan fingerprint density at radius 1 is 1.47 bits per heavy atom. The highest BCUT2D eigenvalue weighted by Crippen LogP contribution is 2.33. The molecular formula is C11H11NO4S. The summed E-state index contributed by atoms with van der Waals surface area (Å²) in [7, 11) is 1.46. The van der Waals surface area contributed by atoms with Crippen molar-refractivity contribution in [2.24, 2.45) is 0 Å². The van der Waals surface area contributed by atoms with Crippen LogP contribution in [0.15, 0.2) is 18.2 Å². The third kappa shape index (κ3) is 2.36. The molecule has 2 amide bonds. The molecule has 2 N–H and O–H groups in total. The number of aromatic hydroxyl groups is 1. The predicted molar refractivity (Wildman–Crippen MR) is 63.3 cm³/mol. The summed E-state index contributed by atoms with van der Waals surface area (Å²) in [5.41, 5.74) is 0.590. The van der Waals surface area contributed by atoms with Crippen molar-refractivity contribution in [3.8, 4) is 11.5 Å². The first-order valence-corrected chi connectivity index (χ1v) is 5.86. The lowest BCUT2D eigenvalue weighted by Crippen LogP contribution is -2.25. The van der Waals surface area contributed by atoms with Crippen LogP contribution < -0.4 is 10.1 Å². The van der Waals surface area contributed by atoms with Gasteiger partial charge in [0.25, 0.3) is 5.24 Å². The molecule has 0 saturated carbocycles. The van der Waals surface area contributed by atoms with Gasteiger partial charge in [-0.15, -0.1) is 0 Å². The summed E-state index contributed by atoms with van der Waals surface area (Å²) in [6.07, 6.45) is 0.297. The van der Waals surface area contributed by atoms with Crippen molar-refractivity contribution in [1.29, 1.82) is 0 Å². The summed E-state index contributed by atoms with van der Waals surface area (Å²) in [5.74, 6) is 0.0576. The van der Waals surface area contributed by atoms with Gasteiger partial charge in [0.15, 0.2) is 11.5 Å². The quantitative estimate of drug-likeness (QED) is 0.849. The fourth-order valence-corrected chi connectivity index (χ4v) is 2.47. The number of carbonyl (C=O) groups excluding carboxylic acids is 2. The zero-order chi connectivity index (χ0) is 12.4. The Kier molecular flexibility index (Phi) is 3.23. The van der Waals surface area contributed by atoms with E-state index in [9.17, 15) is 14.7 Å². The molecule has 1 fully saturated rings. The molecular weight excluding hydrogens is 242 g/mol. The second kappa shape index (κ2) is 4.67. The normalized spacial score (nSPS) is 19.2. The van der Waals surface area contributed by atoms with Gasteiger partial charge < -0.3 is 9.84 Å². The predicted octanol–water partition coefficient (Wildman–Crippen LogP) is 1.29. The molecule has 0 bridgehead atoms. The average molecular weight is 253 g/mol. The van der Waals surface area contributed by atoms with E-state index < -0.39 is 5.25 Å². The number of thioether (sulfide) groups is 1. The van der Waals surface area contributed by atoms with Crippen LogP contribution in [0.4, 0.5) is 4.79 Å². The molecule has 2 rings (SSSR count). The number of nitrogens with one attached hydrogen (secondary N) is 1. The lowest BCUT2D eigenvalue weighted by Gasteiger charge is -2.10. The van der Waals surface area contributed by atoms with Crippen LogP contribution in [-0.4, -0.2) is 28.6 Å². The van der Waals surface area contributed by atoms with E-state index in [1.54, 1.807) is 18.2 Å². The van der Waals surface area contributed by atoms with E-state index in [0.29, 0.717) is 17.7 Å². The number of ether oxygens (including phenoxy) is 1. The second-order valence-corrected chi connectivity index (χ2v) is 4.73. The number of para-hydroxylation sites is 1. The third-order valence-electron chi connectivity index (χ3n) is 2.47. The van der Waals surface area contributed by atoms with Crippen LogP contribution in [0.2, 0.25) is 0 Å². The Morgan fingerprint density at radius 2 is 2.24 bits per heavy atom. The van der Waals surface area contributed by atoms with Crippen molar-refractivity contribution in [2.75, 3.05) is 7.11 Å². The van der Waals surface area contributed by atoms with Crippen molar-refractivity contribution in [2.45, 2.75) is 11.7 Å². The van der Waals surface area contributed by atoms with E-state index in [4.69, 9.17) is 4.74 Å². The number of hydrogen-bond acceptors (Lipinski definition) is 5. The number of amides is 2. The van der Waals surface area contributed by atoms with E-state index in [1.807, 2.05) is 0 Å². The van der Waals surface area contributed by atoms with Gasteiger partial charge in [-0.3, -0.25) is 14.9 Å². The highest BCUT2D eigenvalue weighted by molar-refractivity contribution is 8.15. The Morgan fingerprint density at radius 3 is 2.82 bits per heavy atom. The maximum absolute atomic E-state index is 11.4. The lowest BCUT2D eigenvalue weighted by atomic mass is 10.1. The first-order chi connectivity index (χ1) is 8.11. The van der Waals surface area contributed by atoms with Crippen molar-refractivity contribution in [3.05, 3.63) is 23.8 Å². The van der Waals surface area contributed by atoms with Gasteiger partial charge in [0.05, 0.1) is 12.4 Å². The minimum Gasteiger partial charge on any atom is -0.504 e. The fraction of sp³-hybridized carbons (Fsp3) is 0.273. The Balaban J connectivity index is 2.19. The van der Waals surface area contributed by atoms with Crippen LogP contribution in [0.3, 0.4) is 0 Å². The smallest absolute Gasteiger partial charge is 0.286 e. The zero-order valence-corrected chi connectivity index (χ0v) is 9.91. The highest BCUT2D eigenvalue weighted by atomic mass is 32.2. The number of hydrogen-bond donors (Lipinski definition) is 2. The molecule has 1 aliphatic heterocycles. The monoisotopic (exact) mass is 253 g/mol. The summed E-state index contributed by atoms with van der Waals surface area (Å²) < 4.78 is 4.97. The first-order valence-electron chi connectivity index (χ1n) is 4.98. The third-order valence-corrected chi connectivity index (χ3v) is 3.46. The van der Waals surface area contributed by atoms with E-state index in [0.717, 1.165) is 11.8 Å². The molecule has 1 heterocycles. The van der Waals surface area contributed by atoms with Gasteiger partial charge in [0, 0.05) is 0 Å². The molecule has 0 radical (unpaired) electrons. The Labute approximate surface area is 102 Å². The molecule has 1 aromatic rings. The SMILES string of the molecule is COc1cccc(C[C@H]2SC(=O)NC2=O)c1O. The van der Waals surface area contributed by atoms with Gasteiger partial charge in [-0.2, -0.15) is 0 Å². The largest absolute Gasteiger partial charge is 0.504 e. The molecule has 0 aliphatic carbocycles. The van der Waals surface area contributed by atoms with Gasteiger partial charge in [-0.05, 0) is 18.1 Å². The number of methoxy groups -OCH3 is 1. The molecule has 1 aromatic carbocycles. The number of phenols is 1. The van der Waals surface area contributed by atoms with Crippen molar-refractivity contribution < 1.29 is 19.4 Å². The van der Waals surface area contributed by atoms with Crippen LogP contribution in [0, 0.1) is 0 Å². The minimum atomic E-state index is -0.486. The molecule has 0 aromatic heterocycles.